The SMILES string of the molecule is COc1ccc(CN(C(=O)c2cccc([N+](=O)[O-])c2C)C2CC2)cc1. The van der Waals surface area contributed by atoms with Crippen LogP contribution in [0.1, 0.15) is 34.3 Å². The van der Waals surface area contributed by atoms with Gasteiger partial charge in [-0.05, 0) is 43.5 Å². The molecular formula is C19H20N2O4. The van der Waals surface area contributed by atoms with E-state index in [1.165, 1.54) is 6.07 Å². The lowest BCUT2D eigenvalue weighted by Crippen LogP contribution is -2.33. The van der Waals surface area contributed by atoms with Crippen LogP contribution < -0.4 is 4.74 Å². The van der Waals surface area contributed by atoms with Crippen molar-refractivity contribution in [3.05, 3.63) is 69.3 Å². The Kier molecular flexibility index (Phi) is 4.70. The Labute approximate surface area is 146 Å². The molecule has 1 saturated carbocycles. The van der Waals surface area contributed by atoms with E-state index in [9.17, 15) is 14.9 Å². The summed E-state index contributed by atoms with van der Waals surface area (Å²) in [5, 5.41) is 11.1. The number of nitrogens with zero attached hydrogens (tertiary/aromatic N) is 2. The van der Waals surface area contributed by atoms with Crippen LogP contribution in [0.2, 0.25) is 0 Å². The highest BCUT2D eigenvalue weighted by atomic mass is 16.6. The predicted octanol–water partition coefficient (Wildman–Crippen LogP) is 3.72. The van der Waals surface area contributed by atoms with Gasteiger partial charge in [0.2, 0.25) is 0 Å². The van der Waals surface area contributed by atoms with Crippen LogP contribution in [0.5, 0.6) is 5.75 Å². The summed E-state index contributed by atoms with van der Waals surface area (Å²) in [6.45, 7) is 2.11. The van der Waals surface area contributed by atoms with Gasteiger partial charge in [-0.1, -0.05) is 18.2 Å². The molecule has 1 aliphatic rings. The molecule has 0 aromatic heterocycles. The average Bonchev–Trinajstić information content (AvgIpc) is 3.44. The summed E-state index contributed by atoms with van der Waals surface area (Å²) < 4.78 is 5.16. The molecule has 0 bridgehead atoms. The van der Waals surface area contributed by atoms with Crippen LogP contribution >= 0.6 is 0 Å². The molecular weight excluding hydrogens is 320 g/mol. The number of benzene rings is 2. The summed E-state index contributed by atoms with van der Waals surface area (Å²) in [7, 11) is 1.61. The number of rotatable bonds is 6. The van der Waals surface area contributed by atoms with Crippen LogP contribution in [0.25, 0.3) is 0 Å². The molecule has 2 aromatic carbocycles. The molecule has 0 atom stereocenters. The van der Waals surface area contributed by atoms with E-state index in [2.05, 4.69) is 0 Å². The van der Waals surface area contributed by atoms with E-state index in [4.69, 9.17) is 4.74 Å². The molecule has 6 heteroatoms. The van der Waals surface area contributed by atoms with Crippen molar-refractivity contribution in [1.29, 1.82) is 0 Å². The molecule has 25 heavy (non-hydrogen) atoms. The zero-order valence-electron chi connectivity index (χ0n) is 14.3. The van der Waals surface area contributed by atoms with Crippen molar-refractivity contribution in [2.45, 2.75) is 32.4 Å². The van der Waals surface area contributed by atoms with Gasteiger partial charge in [0.15, 0.2) is 0 Å². The molecule has 1 aliphatic carbocycles. The summed E-state index contributed by atoms with van der Waals surface area (Å²) >= 11 is 0. The monoisotopic (exact) mass is 340 g/mol. The molecule has 1 fully saturated rings. The van der Waals surface area contributed by atoms with Gasteiger partial charge in [0.1, 0.15) is 5.75 Å². The first-order valence-electron chi connectivity index (χ1n) is 8.19. The van der Waals surface area contributed by atoms with Gasteiger partial charge in [-0.3, -0.25) is 14.9 Å². The Bertz CT molecular complexity index is 798. The topological polar surface area (TPSA) is 72.7 Å². The van der Waals surface area contributed by atoms with Gasteiger partial charge in [0.05, 0.1) is 12.0 Å². The van der Waals surface area contributed by atoms with Crippen molar-refractivity contribution in [3.63, 3.8) is 0 Å². The molecule has 2 aromatic rings. The minimum Gasteiger partial charge on any atom is -0.497 e. The molecule has 0 spiro atoms. The quantitative estimate of drug-likeness (QED) is 0.593. The van der Waals surface area contributed by atoms with Crippen molar-refractivity contribution >= 4 is 11.6 Å². The standard InChI is InChI=1S/C19H20N2O4/c1-13-17(4-3-5-18(13)21(23)24)19(22)20(15-8-9-15)12-14-6-10-16(25-2)11-7-14/h3-7,10-11,15H,8-9,12H2,1-2H3. The minimum atomic E-state index is -0.447. The molecule has 0 aliphatic heterocycles. The van der Waals surface area contributed by atoms with Crippen molar-refractivity contribution in [1.82, 2.24) is 4.90 Å². The van der Waals surface area contributed by atoms with E-state index in [1.807, 2.05) is 29.2 Å². The van der Waals surface area contributed by atoms with Gasteiger partial charge in [-0.2, -0.15) is 0 Å². The average molecular weight is 340 g/mol. The maximum Gasteiger partial charge on any atom is 0.273 e. The van der Waals surface area contributed by atoms with Gasteiger partial charge in [-0.15, -0.1) is 0 Å². The maximum absolute atomic E-state index is 13.0. The lowest BCUT2D eigenvalue weighted by molar-refractivity contribution is -0.385. The fourth-order valence-corrected chi connectivity index (χ4v) is 2.89. The highest BCUT2D eigenvalue weighted by Gasteiger charge is 2.34. The lowest BCUT2D eigenvalue weighted by Gasteiger charge is -2.23. The van der Waals surface area contributed by atoms with Crippen LogP contribution in [0.3, 0.4) is 0 Å². The first kappa shape index (κ1) is 17.0. The molecule has 0 unspecified atom stereocenters. The summed E-state index contributed by atoms with van der Waals surface area (Å²) in [5.41, 5.74) is 1.79. The van der Waals surface area contributed by atoms with Gasteiger partial charge in [0, 0.05) is 29.8 Å². The Hall–Kier alpha value is -2.89. The second-order valence-electron chi connectivity index (χ2n) is 6.22. The van der Waals surface area contributed by atoms with E-state index >= 15 is 0 Å². The van der Waals surface area contributed by atoms with Gasteiger partial charge in [-0.25, -0.2) is 0 Å². The Balaban J connectivity index is 1.87. The number of hydrogen-bond acceptors (Lipinski definition) is 4. The smallest absolute Gasteiger partial charge is 0.273 e. The number of carbonyl (C=O) groups is 1. The third kappa shape index (κ3) is 3.63. The first-order valence-corrected chi connectivity index (χ1v) is 8.19. The van der Waals surface area contributed by atoms with Gasteiger partial charge < -0.3 is 9.64 Å². The Morgan fingerprint density at radius 3 is 2.48 bits per heavy atom. The van der Waals surface area contributed by atoms with Gasteiger partial charge in [0.25, 0.3) is 11.6 Å². The number of nitro groups is 1. The van der Waals surface area contributed by atoms with E-state index in [0.29, 0.717) is 17.7 Å². The zero-order chi connectivity index (χ0) is 18.0. The van der Waals surface area contributed by atoms with Crippen LogP contribution in [-0.4, -0.2) is 28.9 Å². The number of amides is 1. The minimum absolute atomic E-state index is 0.0222. The lowest BCUT2D eigenvalue weighted by atomic mass is 10.0. The normalized spacial score (nSPS) is 13.4. The first-order chi connectivity index (χ1) is 12.0. The van der Waals surface area contributed by atoms with Gasteiger partial charge >= 0.3 is 0 Å². The second-order valence-corrected chi connectivity index (χ2v) is 6.22. The molecule has 0 heterocycles. The maximum atomic E-state index is 13.0. The van der Waals surface area contributed by atoms with Crippen molar-refractivity contribution < 1.29 is 14.5 Å². The van der Waals surface area contributed by atoms with Crippen LogP contribution in [0.15, 0.2) is 42.5 Å². The molecule has 3 rings (SSSR count). The Morgan fingerprint density at radius 2 is 1.92 bits per heavy atom. The third-order valence-electron chi connectivity index (χ3n) is 4.49. The van der Waals surface area contributed by atoms with Crippen molar-refractivity contribution in [2.24, 2.45) is 0 Å². The number of ether oxygens (including phenoxy) is 1. The third-order valence-corrected chi connectivity index (χ3v) is 4.49. The number of methoxy groups -OCH3 is 1. The molecule has 0 N–H and O–H groups in total. The second kappa shape index (κ2) is 6.93. The summed E-state index contributed by atoms with van der Waals surface area (Å²) in [4.78, 5) is 25.5. The van der Waals surface area contributed by atoms with E-state index < -0.39 is 4.92 Å². The zero-order valence-corrected chi connectivity index (χ0v) is 14.3. The van der Waals surface area contributed by atoms with E-state index in [1.54, 1.807) is 26.2 Å². The summed E-state index contributed by atoms with van der Waals surface area (Å²) in [6.07, 6.45) is 1.94. The fourth-order valence-electron chi connectivity index (χ4n) is 2.89. The largest absolute Gasteiger partial charge is 0.497 e. The van der Waals surface area contributed by atoms with E-state index in [0.717, 1.165) is 24.2 Å². The summed E-state index contributed by atoms with van der Waals surface area (Å²) in [6, 6.07) is 12.5. The highest BCUT2D eigenvalue weighted by molar-refractivity contribution is 5.97. The molecule has 0 saturated heterocycles. The molecule has 6 nitrogen and oxygen atoms in total. The van der Waals surface area contributed by atoms with Crippen molar-refractivity contribution in [3.8, 4) is 5.75 Å². The number of carbonyl (C=O) groups excluding carboxylic acids is 1. The predicted molar refractivity (Wildman–Crippen MR) is 93.7 cm³/mol. The summed E-state index contributed by atoms with van der Waals surface area (Å²) in [5.74, 6) is 0.613. The van der Waals surface area contributed by atoms with Crippen LogP contribution in [-0.2, 0) is 6.54 Å². The van der Waals surface area contributed by atoms with Crippen molar-refractivity contribution in [2.75, 3.05) is 7.11 Å². The highest BCUT2D eigenvalue weighted by Crippen LogP contribution is 2.32. The Morgan fingerprint density at radius 1 is 1.24 bits per heavy atom. The molecule has 130 valence electrons. The van der Waals surface area contributed by atoms with Crippen LogP contribution in [0.4, 0.5) is 5.69 Å². The van der Waals surface area contributed by atoms with Crippen LogP contribution in [0, 0.1) is 17.0 Å². The fraction of sp³-hybridized carbons (Fsp3) is 0.316. The number of hydrogen-bond donors (Lipinski definition) is 0. The number of nitro benzene ring substituents is 1. The van der Waals surface area contributed by atoms with E-state index in [-0.39, 0.29) is 17.6 Å². The molecule has 0 radical (unpaired) electrons. The molecule has 1 amide bonds.